The maximum atomic E-state index is 13.7. The van der Waals surface area contributed by atoms with E-state index in [0.29, 0.717) is 5.75 Å². The molecule has 0 saturated carbocycles. The minimum Gasteiger partial charge on any atom is -0.497 e. The Kier molecular flexibility index (Phi) is 6.05. The van der Waals surface area contributed by atoms with Crippen LogP contribution in [0.15, 0.2) is 18.2 Å². The summed E-state index contributed by atoms with van der Waals surface area (Å²) in [6, 6.07) is 2.98. The van der Waals surface area contributed by atoms with Crippen LogP contribution in [0, 0.1) is 5.92 Å². The average molecular weight is 408 g/mol. The van der Waals surface area contributed by atoms with E-state index in [-0.39, 0.29) is 17.9 Å². The molecule has 0 spiro atoms. The van der Waals surface area contributed by atoms with Crippen LogP contribution in [0.3, 0.4) is 0 Å². The van der Waals surface area contributed by atoms with Gasteiger partial charge in [0.1, 0.15) is 17.4 Å². The minimum atomic E-state index is -5.21. The summed E-state index contributed by atoms with van der Waals surface area (Å²) < 4.78 is 56.1. The van der Waals surface area contributed by atoms with Gasteiger partial charge in [0.15, 0.2) is 5.11 Å². The molecule has 0 aromatic heterocycles. The van der Waals surface area contributed by atoms with Crippen molar-refractivity contribution in [3.8, 4) is 11.5 Å². The molecule has 2 rings (SSSR count). The number of esters is 1. The Bertz CT molecular complexity index is 730. The second-order valence-electron chi connectivity index (χ2n) is 5.68. The molecule has 0 amide bonds. The predicted octanol–water partition coefficient (Wildman–Crippen LogP) is 1.65. The Hall–Kier alpha value is -2.27. The zero-order valence-corrected chi connectivity index (χ0v) is 15.5. The van der Waals surface area contributed by atoms with E-state index in [9.17, 15) is 23.1 Å². The molecule has 11 heteroatoms. The number of hydrogen-bond acceptors (Lipinski definition) is 6. The quantitative estimate of drug-likeness (QED) is 0.501. The lowest BCUT2D eigenvalue weighted by atomic mass is 9.81. The van der Waals surface area contributed by atoms with Crippen molar-refractivity contribution < 1.29 is 37.3 Å². The van der Waals surface area contributed by atoms with Crippen LogP contribution in [0.5, 0.6) is 11.5 Å². The van der Waals surface area contributed by atoms with E-state index in [4.69, 9.17) is 26.4 Å². The second-order valence-corrected chi connectivity index (χ2v) is 6.09. The van der Waals surface area contributed by atoms with Crippen molar-refractivity contribution >= 4 is 23.3 Å². The van der Waals surface area contributed by atoms with E-state index in [1.807, 2.05) is 0 Å². The van der Waals surface area contributed by atoms with Gasteiger partial charge in [-0.15, -0.1) is 0 Å². The Morgan fingerprint density at radius 2 is 2.00 bits per heavy atom. The largest absolute Gasteiger partial charge is 0.497 e. The standard InChI is InChI=1S/C16H19F3N2O5S/c1-4-26-13(22)11-12(9-6-5-8(24-2)7-10(9)25-3)20-14(27)21-15(11,23)16(17,18)19/h5-7,11-12,23H,4H2,1-3H3,(H2,20,21,27)/t11-,12+,15-/m1/s1. The van der Waals surface area contributed by atoms with Crippen LogP contribution in [0.2, 0.25) is 0 Å². The number of carbonyl (C=O) groups is 1. The highest BCUT2D eigenvalue weighted by Gasteiger charge is 2.66. The van der Waals surface area contributed by atoms with E-state index in [0.717, 1.165) is 0 Å². The Morgan fingerprint density at radius 3 is 2.52 bits per heavy atom. The van der Waals surface area contributed by atoms with Crippen molar-refractivity contribution in [2.75, 3.05) is 20.8 Å². The fourth-order valence-electron chi connectivity index (χ4n) is 2.87. The third-order valence-electron chi connectivity index (χ3n) is 4.12. The molecule has 3 N–H and O–H groups in total. The van der Waals surface area contributed by atoms with Gasteiger partial charge in [-0.05, 0) is 31.3 Å². The van der Waals surface area contributed by atoms with Crippen molar-refractivity contribution in [1.29, 1.82) is 0 Å². The smallest absolute Gasteiger partial charge is 0.437 e. The number of ether oxygens (including phenoxy) is 3. The van der Waals surface area contributed by atoms with Crippen LogP contribution >= 0.6 is 12.2 Å². The third kappa shape index (κ3) is 3.88. The topological polar surface area (TPSA) is 89.1 Å². The predicted molar refractivity (Wildman–Crippen MR) is 92.3 cm³/mol. The lowest BCUT2D eigenvalue weighted by Gasteiger charge is -2.45. The fraction of sp³-hybridized carbons (Fsp3) is 0.500. The number of hydrogen-bond donors (Lipinski definition) is 3. The van der Waals surface area contributed by atoms with Crippen LogP contribution in [0.4, 0.5) is 13.2 Å². The molecule has 1 fully saturated rings. The third-order valence-corrected chi connectivity index (χ3v) is 4.34. The zero-order valence-electron chi connectivity index (χ0n) is 14.7. The Balaban J connectivity index is 2.64. The van der Waals surface area contributed by atoms with E-state index >= 15 is 0 Å². The Labute approximate surface area is 158 Å². The van der Waals surface area contributed by atoms with Crippen molar-refractivity contribution in [2.45, 2.75) is 24.9 Å². The summed E-state index contributed by atoms with van der Waals surface area (Å²) in [6.45, 7) is 1.28. The van der Waals surface area contributed by atoms with Gasteiger partial charge < -0.3 is 30.0 Å². The SMILES string of the molecule is CCOC(=O)[C@H]1[C@H](c2ccc(OC)cc2OC)NC(=S)N[C@]1(O)C(F)(F)F. The van der Waals surface area contributed by atoms with Gasteiger partial charge in [-0.25, -0.2) is 0 Å². The summed E-state index contributed by atoms with van der Waals surface area (Å²) in [5.41, 5.74) is -3.46. The maximum Gasteiger partial charge on any atom is 0.437 e. The van der Waals surface area contributed by atoms with Crippen LogP contribution in [-0.2, 0) is 9.53 Å². The summed E-state index contributed by atoms with van der Waals surface area (Å²) in [5.74, 6) is -2.80. The molecule has 7 nitrogen and oxygen atoms in total. The second kappa shape index (κ2) is 7.77. The van der Waals surface area contributed by atoms with Crippen LogP contribution in [-0.4, -0.2) is 48.9 Å². The molecule has 0 aliphatic carbocycles. The zero-order chi connectivity index (χ0) is 20.4. The first-order valence-corrected chi connectivity index (χ1v) is 8.26. The van der Waals surface area contributed by atoms with Gasteiger partial charge >= 0.3 is 12.1 Å². The molecule has 1 aliphatic rings. The first kappa shape index (κ1) is 21.0. The van der Waals surface area contributed by atoms with Gasteiger partial charge in [0.05, 0.1) is 26.9 Å². The maximum absolute atomic E-state index is 13.7. The summed E-state index contributed by atoms with van der Waals surface area (Å²) in [4.78, 5) is 12.4. The summed E-state index contributed by atoms with van der Waals surface area (Å²) >= 11 is 4.83. The molecule has 1 saturated heterocycles. The molecule has 0 bridgehead atoms. The molecule has 150 valence electrons. The number of rotatable bonds is 5. The van der Waals surface area contributed by atoms with Gasteiger partial charge in [-0.2, -0.15) is 13.2 Å². The number of alkyl halides is 3. The Morgan fingerprint density at radius 1 is 1.33 bits per heavy atom. The highest BCUT2D eigenvalue weighted by Crippen LogP contribution is 2.45. The van der Waals surface area contributed by atoms with Crippen LogP contribution in [0.25, 0.3) is 0 Å². The number of halogens is 3. The molecule has 27 heavy (non-hydrogen) atoms. The van der Waals surface area contributed by atoms with Gasteiger partial charge in [0.2, 0.25) is 0 Å². The molecule has 0 unspecified atom stereocenters. The highest BCUT2D eigenvalue weighted by molar-refractivity contribution is 7.80. The van der Waals surface area contributed by atoms with Crippen molar-refractivity contribution in [1.82, 2.24) is 10.6 Å². The van der Waals surface area contributed by atoms with Gasteiger partial charge in [0, 0.05) is 11.6 Å². The number of benzene rings is 1. The molecule has 1 aliphatic heterocycles. The molecule has 1 heterocycles. The fourth-order valence-corrected chi connectivity index (χ4v) is 3.15. The minimum absolute atomic E-state index is 0.148. The highest BCUT2D eigenvalue weighted by atomic mass is 32.1. The van der Waals surface area contributed by atoms with Gasteiger partial charge in [-0.3, -0.25) is 4.79 Å². The van der Waals surface area contributed by atoms with Crippen LogP contribution < -0.4 is 20.1 Å². The van der Waals surface area contributed by atoms with Gasteiger partial charge in [-0.1, -0.05) is 0 Å². The van der Waals surface area contributed by atoms with Crippen LogP contribution in [0.1, 0.15) is 18.5 Å². The summed E-state index contributed by atoms with van der Waals surface area (Å²) in [6.07, 6.45) is -5.21. The first-order valence-electron chi connectivity index (χ1n) is 7.85. The average Bonchev–Trinajstić information content (AvgIpc) is 2.59. The number of thiocarbonyl (C=S) groups is 1. The molecule has 0 radical (unpaired) electrons. The number of aliphatic hydroxyl groups is 1. The summed E-state index contributed by atoms with van der Waals surface area (Å²) in [5, 5.41) is 14.3. The van der Waals surface area contributed by atoms with E-state index in [2.05, 4.69) is 5.32 Å². The number of methoxy groups -OCH3 is 2. The number of nitrogens with one attached hydrogen (secondary N) is 2. The van der Waals surface area contributed by atoms with Gasteiger partial charge in [0.25, 0.3) is 5.72 Å². The molecule has 1 aromatic rings. The molecule has 3 atom stereocenters. The lowest BCUT2D eigenvalue weighted by molar-refractivity contribution is -0.292. The first-order chi connectivity index (χ1) is 12.6. The van der Waals surface area contributed by atoms with E-state index < -0.39 is 34.9 Å². The van der Waals surface area contributed by atoms with E-state index in [1.165, 1.54) is 39.3 Å². The normalized spacial score (nSPS) is 25.2. The molecular formula is C16H19F3N2O5S. The van der Waals surface area contributed by atoms with Crippen molar-refractivity contribution in [3.05, 3.63) is 23.8 Å². The lowest BCUT2D eigenvalue weighted by Crippen LogP contribution is -2.73. The van der Waals surface area contributed by atoms with Crippen molar-refractivity contribution in [2.24, 2.45) is 5.92 Å². The molecule has 1 aromatic carbocycles. The van der Waals surface area contributed by atoms with E-state index in [1.54, 1.807) is 5.32 Å². The summed E-state index contributed by atoms with van der Waals surface area (Å²) in [7, 11) is 2.73. The molecular weight excluding hydrogens is 389 g/mol. The van der Waals surface area contributed by atoms with Crippen molar-refractivity contribution in [3.63, 3.8) is 0 Å². The monoisotopic (exact) mass is 408 g/mol. The number of carbonyl (C=O) groups excluding carboxylic acids is 1.